The Bertz CT molecular complexity index is 560. The van der Waals surface area contributed by atoms with Crippen LogP contribution in [0.4, 0.5) is 11.4 Å². The smallest absolute Gasteiger partial charge is 0.0595 e. The molecule has 2 heterocycles. The van der Waals surface area contributed by atoms with Crippen molar-refractivity contribution in [2.24, 2.45) is 0 Å². The Labute approximate surface area is 134 Å². The van der Waals surface area contributed by atoms with E-state index in [9.17, 15) is 0 Å². The molecule has 0 spiro atoms. The Morgan fingerprint density at radius 3 is 2.43 bits per heavy atom. The van der Waals surface area contributed by atoms with Gasteiger partial charge in [-0.05, 0) is 71.6 Å². The molecule has 2 aromatic rings. The molecule has 21 heavy (non-hydrogen) atoms. The van der Waals surface area contributed by atoms with Crippen LogP contribution >= 0.6 is 15.9 Å². The second kappa shape index (κ2) is 6.94. The van der Waals surface area contributed by atoms with Gasteiger partial charge in [0.1, 0.15) is 0 Å². The molecule has 3 rings (SSSR count). The zero-order chi connectivity index (χ0) is 14.5. The van der Waals surface area contributed by atoms with Crippen molar-refractivity contribution in [1.82, 2.24) is 4.98 Å². The maximum atomic E-state index is 4.37. The van der Waals surface area contributed by atoms with E-state index in [0.29, 0.717) is 0 Å². The Morgan fingerprint density at radius 2 is 1.76 bits per heavy atom. The molecule has 0 bridgehead atoms. The lowest BCUT2D eigenvalue weighted by Crippen LogP contribution is -2.29. The fourth-order valence-electron chi connectivity index (χ4n) is 2.65. The van der Waals surface area contributed by atoms with Crippen LogP contribution < -0.4 is 10.2 Å². The average molecular weight is 346 g/mol. The number of nitrogens with zero attached hydrogens (tertiary/aromatic N) is 2. The van der Waals surface area contributed by atoms with Gasteiger partial charge in [0.2, 0.25) is 0 Å². The predicted molar refractivity (Wildman–Crippen MR) is 91.8 cm³/mol. The Balaban J connectivity index is 1.57. The van der Waals surface area contributed by atoms with Crippen molar-refractivity contribution in [3.63, 3.8) is 0 Å². The predicted octanol–water partition coefficient (Wildman–Crippen LogP) is 4.45. The fourth-order valence-corrected chi connectivity index (χ4v) is 2.88. The highest BCUT2D eigenvalue weighted by atomic mass is 79.9. The monoisotopic (exact) mass is 345 g/mol. The van der Waals surface area contributed by atoms with E-state index in [-0.39, 0.29) is 0 Å². The van der Waals surface area contributed by atoms with Crippen molar-refractivity contribution >= 4 is 27.3 Å². The molecule has 1 N–H and O–H groups in total. The molecule has 0 amide bonds. The number of rotatable bonds is 4. The van der Waals surface area contributed by atoms with Crippen molar-refractivity contribution in [2.75, 3.05) is 23.3 Å². The summed E-state index contributed by atoms with van der Waals surface area (Å²) >= 11 is 3.40. The lowest BCUT2D eigenvalue weighted by molar-refractivity contribution is 0.578. The first-order valence-electron chi connectivity index (χ1n) is 7.50. The highest BCUT2D eigenvalue weighted by Gasteiger charge is 2.10. The standard InChI is InChI=1S/C17H20BrN3/c18-14-4-5-16(19-12-14)13-20-15-6-8-17(9-7-15)21-10-2-1-3-11-21/h4-9,12,20H,1-3,10-11,13H2. The van der Waals surface area contributed by atoms with Crippen LogP contribution in [0, 0.1) is 0 Å². The van der Waals surface area contributed by atoms with Crippen LogP contribution in [0.15, 0.2) is 47.1 Å². The van der Waals surface area contributed by atoms with Crippen LogP contribution in [0.3, 0.4) is 0 Å². The van der Waals surface area contributed by atoms with E-state index >= 15 is 0 Å². The molecule has 0 unspecified atom stereocenters. The van der Waals surface area contributed by atoms with Gasteiger partial charge in [-0.1, -0.05) is 0 Å². The average Bonchev–Trinajstić information content (AvgIpc) is 2.56. The molecule has 1 saturated heterocycles. The number of hydrogen-bond acceptors (Lipinski definition) is 3. The van der Waals surface area contributed by atoms with Gasteiger partial charge in [0.15, 0.2) is 0 Å². The van der Waals surface area contributed by atoms with E-state index in [1.165, 1.54) is 38.0 Å². The molecule has 0 aliphatic carbocycles. The number of pyridine rings is 1. The number of benzene rings is 1. The van der Waals surface area contributed by atoms with Crippen molar-refractivity contribution in [1.29, 1.82) is 0 Å². The van der Waals surface area contributed by atoms with Crippen molar-refractivity contribution in [2.45, 2.75) is 25.8 Å². The summed E-state index contributed by atoms with van der Waals surface area (Å²) in [6.07, 6.45) is 5.83. The molecule has 1 aliphatic rings. The summed E-state index contributed by atoms with van der Waals surface area (Å²) in [7, 11) is 0. The second-order valence-electron chi connectivity index (χ2n) is 5.42. The summed E-state index contributed by atoms with van der Waals surface area (Å²) in [6, 6.07) is 12.8. The third-order valence-corrected chi connectivity index (χ3v) is 4.32. The summed E-state index contributed by atoms with van der Waals surface area (Å²) < 4.78 is 1.01. The van der Waals surface area contributed by atoms with Crippen LogP contribution in [0.1, 0.15) is 25.0 Å². The van der Waals surface area contributed by atoms with Gasteiger partial charge in [-0.2, -0.15) is 0 Å². The summed E-state index contributed by atoms with van der Waals surface area (Å²) in [4.78, 5) is 6.84. The van der Waals surface area contributed by atoms with Crippen molar-refractivity contribution in [3.8, 4) is 0 Å². The molecule has 4 heteroatoms. The van der Waals surface area contributed by atoms with Gasteiger partial charge < -0.3 is 10.2 Å². The van der Waals surface area contributed by atoms with E-state index in [1.54, 1.807) is 0 Å². The molecular formula is C17H20BrN3. The first-order chi connectivity index (χ1) is 10.3. The molecule has 0 saturated carbocycles. The molecule has 1 aromatic carbocycles. The fraction of sp³-hybridized carbons (Fsp3) is 0.353. The van der Waals surface area contributed by atoms with Crippen molar-refractivity contribution in [3.05, 3.63) is 52.8 Å². The topological polar surface area (TPSA) is 28.2 Å². The number of anilines is 2. The lowest BCUT2D eigenvalue weighted by atomic mass is 10.1. The minimum Gasteiger partial charge on any atom is -0.379 e. The zero-order valence-electron chi connectivity index (χ0n) is 12.1. The number of piperidine rings is 1. The molecule has 3 nitrogen and oxygen atoms in total. The number of halogens is 1. The van der Waals surface area contributed by atoms with E-state index < -0.39 is 0 Å². The first kappa shape index (κ1) is 14.4. The van der Waals surface area contributed by atoms with E-state index in [2.05, 4.69) is 55.4 Å². The lowest BCUT2D eigenvalue weighted by Gasteiger charge is -2.28. The van der Waals surface area contributed by atoms with Gasteiger partial charge in [-0.25, -0.2) is 0 Å². The van der Waals surface area contributed by atoms with Gasteiger partial charge >= 0.3 is 0 Å². The molecule has 0 atom stereocenters. The summed E-state index contributed by atoms with van der Waals surface area (Å²) in [5.74, 6) is 0. The summed E-state index contributed by atoms with van der Waals surface area (Å²) in [5, 5.41) is 3.41. The van der Waals surface area contributed by atoms with Gasteiger partial charge in [0.25, 0.3) is 0 Å². The number of hydrogen-bond donors (Lipinski definition) is 1. The molecule has 1 aliphatic heterocycles. The van der Waals surface area contributed by atoms with Gasteiger partial charge in [0.05, 0.1) is 12.2 Å². The van der Waals surface area contributed by atoms with Crippen LogP contribution in [0.5, 0.6) is 0 Å². The van der Waals surface area contributed by atoms with Crippen LogP contribution in [-0.4, -0.2) is 18.1 Å². The SMILES string of the molecule is Brc1ccc(CNc2ccc(N3CCCCC3)cc2)nc1. The van der Waals surface area contributed by atoms with Gasteiger partial charge in [0, 0.05) is 35.1 Å². The molecule has 1 aromatic heterocycles. The van der Waals surface area contributed by atoms with Crippen molar-refractivity contribution < 1.29 is 0 Å². The first-order valence-corrected chi connectivity index (χ1v) is 8.30. The highest BCUT2D eigenvalue weighted by molar-refractivity contribution is 9.10. The minimum atomic E-state index is 0.746. The molecule has 1 fully saturated rings. The normalized spacial score (nSPS) is 15.0. The van der Waals surface area contributed by atoms with Crippen LogP contribution in [0.2, 0.25) is 0 Å². The highest BCUT2D eigenvalue weighted by Crippen LogP contribution is 2.22. The maximum Gasteiger partial charge on any atom is 0.0595 e. The Kier molecular flexibility index (Phi) is 4.76. The maximum absolute atomic E-state index is 4.37. The summed E-state index contributed by atoms with van der Waals surface area (Å²) in [6.45, 7) is 3.13. The van der Waals surface area contributed by atoms with E-state index in [1.807, 2.05) is 18.3 Å². The molecule has 0 radical (unpaired) electrons. The second-order valence-corrected chi connectivity index (χ2v) is 6.33. The van der Waals surface area contributed by atoms with Crippen LogP contribution in [0.25, 0.3) is 0 Å². The van der Waals surface area contributed by atoms with Gasteiger partial charge in [-0.15, -0.1) is 0 Å². The van der Waals surface area contributed by atoms with Crippen LogP contribution in [-0.2, 0) is 6.54 Å². The quantitative estimate of drug-likeness (QED) is 0.887. The summed E-state index contributed by atoms with van der Waals surface area (Å²) in [5.41, 5.74) is 3.51. The van der Waals surface area contributed by atoms with E-state index in [4.69, 9.17) is 0 Å². The largest absolute Gasteiger partial charge is 0.379 e. The van der Waals surface area contributed by atoms with E-state index in [0.717, 1.165) is 22.4 Å². The van der Waals surface area contributed by atoms with Gasteiger partial charge in [-0.3, -0.25) is 4.98 Å². The third kappa shape index (κ3) is 3.97. The number of aromatic nitrogens is 1. The molecule has 110 valence electrons. The Morgan fingerprint density at radius 1 is 1.00 bits per heavy atom. The third-order valence-electron chi connectivity index (χ3n) is 3.85. The minimum absolute atomic E-state index is 0.746. The molecular weight excluding hydrogens is 326 g/mol. The Hall–Kier alpha value is -1.55. The zero-order valence-corrected chi connectivity index (χ0v) is 13.6. The number of nitrogens with one attached hydrogen (secondary N) is 1.